The highest BCUT2D eigenvalue weighted by Gasteiger charge is 2.20. The highest BCUT2D eigenvalue weighted by atomic mass is 32.1. The molecule has 2 aromatic carbocycles. The fraction of sp³-hybridized carbons (Fsp3) is 0.348. The van der Waals surface area contributed by atoms with Gasteiger partial charge < -0.3 is 4.90 Å². The van der Waals surface area contributed by atoms with Crippen LogP contribution in [-0.2, 0) is 13.2 Å². The van der Waals surface area contributed by atoms with Crippen LogP contribution in [0.1, 0.15) is 13.3 Å². The maximum atomic E-state index is 13.2. The molecule has 1 aliphatic heterocycles. The van der Waals surface area contributed by atoms with E-state index in [1.54, 1.807) is 4.57 Å². The third kappa shape index (κ3) is 3.61. The lowest BCUT2D eigenvalue weighted by molar-refractivity contribution is 0.194. The van der Waals surface area contributed by atoms with E-state index in [9.17, 15) is 9.18 Å². The van der Waals surface area contributed by atoms with Gasteiger partial charge in [0.2, 0.25) is 10.5 Å². The molecule has 7 nitrogen and oxygen atoms in total. The van der Waals surface area contributed by atoms with Crippen LogP contribution < -0.4 is 10.5 Å². The van der Waals surface area contributed by atoms with Crippen LogP contribution in [0, 0.1) is 10.6 Å². The molecular weight excluding hydrogens is 427 g/mol. The van der Waals surface area contributed by atoms with Crippen LogP contribution in [0.15, 0.2) is 53.3 Å². The van der Waals surface area contributed by atoms with Crippen molar-refractivity contribution in [1.82, 2.24) is 23.6 Å². The normalized spacial score (nSPS) is 15.1. The largest absolute Gasteiger partial charge is 0.369 e. The number of para-hydroxylation sites is 1. The molecule has 166 valence electrons. The molecule has 0 N–H and O–H groups in total. The van der Waals surface area contributed by atoms with Gasteiger partial charge in [-0.25, -0.2) is 9.07 Å². The Balaban J connectivity index is 1.44. The minimum absolute atomic E-state index is 0.0324. The van der Waals surface area contributed by atoms with Crippen molar-refractivity contribution in [2.75, 3.05) is 31.1 Å². The van der Waals surface area contributed by atoms with Crippen molar-refractivity contribution in [1.29, 1.82) is 0 Å². The van der Waals surface area contributed by atoms with Crippen LogP contribution in [-0.4, -0.2) is 49.8 Å². The van der Waals surface area contributed by atoms with E-state index in [1.165, 1.54) is 12.1 Å². The maximum Gasteiger partial charge on any atom is 0.262 e. The van der Waals surface area contributed by atoms with Crippen molar-refractivity contribution in [3.63, 3.8) is 0 Å². The fourth-order valence-corrected chi connectivity index (χ4v) is 4.65. The monoisotopic (exact) mass is 452 g/mol. The van der Waals surface area contributed by atoms with Gasteiger partial charge in [0, 0.05) is 38.4 Å². The zero-order chi connectivity index (χ0) is 22.2. The quantitative estimate of drug-likeness (QED) is 0.434. The predicted octanol–water partition coefficient (Wildman–Crippen LogP) is 3.51. The molecule has 5 rings (SSSR count). The third-order valence-corrected chi connectivity index (χ3v) is 6.42. The van der Waals surface area contributed by atoms with Crippen LogP contribution in [0.25, 0.3) is 16.7 Å². The molecule has 0 radical (unpaired) electrons. The number of hydrogen-bond donors (Lipinski definition) is 0. The summed E-state index contributed by atoms with van der Waals surface area (Å²) in [6.45, 7) is 6.57. The SMILES string of the molecule is CCCn1c(=O)c2ccccc2n2c(=S)n(CN3CCN(c4ccc(F)cc4)CC3)nc12. The molecule has 3 heterocycles. The number of fused-ring (bicyclic) bond motifs is 3. The van der Waals surface area contributed by atoms with Gasteiger partial charge in [0.1, 0.15) is 5.82 Å². The van der Waals surface area contributed by atoms with Gasteiger partial charge >= 0.3 is 0 Å². The zero-order valence-corrected chi connectivity index (χ0v) is 18.8. The summed E-state index contributed by atoms with van der Waals surface area (Å²) in [5.41, 5.74) is 1.79. The van der Waals surface area contributed by atoms with E-state index in [4.69, 9.17) is 17.3 Å². The zero-order valence-electron chi connectivity index (χ0n) is 17.9. The van der Waals surface area contributed by atoms with Crippen LogP contribution in [0.4, 0.5) is 10.1 Å². The highest BCUT2D eigenvalue weighted by Crippen LogP contribution is 2.18. The molecule has 4 aromatic rings. The van der Waals surface area contributed by atoms with Crippen molar-refractivity contribution in [2.45, 2.75) is 26.6 Å². The summed E-state index contributed by atoms with van der Waals surface area (Å²) >= 11 is 5.80. The van der Waals surface area contributed by atoms with E-state index >= 15 is 0 Å². The average molecular weight is 453 g/mol. The van der Waals surface area contributed by atoms with Gasteiger partial charge in [-0.1, -0.05) is 19.1 Å². The number of aryl methyl sites for hydroxylation is 1. The maximum absolute atomic E-state index is 13.2. The second-order valence-electron chi connectivity index (χ2n) is 8.11. The number of aromatic nitrogens is 4. The van der Waals surface area contributed by atoms with E-state index in [0.717, 1.165) is 43.8 Å². The van der Waals surface area contributed by atoms with Crippen molar-refractivity contribution >= 4 is 34.6 Å². The molecule has 0 aliphatic carbocycles. The molecule has 1 aliphatic rings. The summed E-state index contributed by atoms with van der Waals surface area (Å²) in [6.07, 6.45) is 0.832. The van der Waals surface area contributed by atoms with Gasteiger partial charge in [0.05, 0.1) is 17.6 Å². The minimum atomic E-state index is -0.220. The molecule has 2 aromatic heterocycles. The summed E-state index contributed by atoms with van der Waals surface area (Å²) in [6, 6.07) is 14.2. The number of halogens is 1. The lowest BCUT2D eigenvalue weighted by Crippen LogP contribution is -2.47. The summed E-state index contributed by atoms with van der Waals surface area (Å²) in [7, 11) is 0. The first-order valence-electron chi connectivity index (χ1n) is 10.9. The van der Waals surface area contributed by atoms with Crippen LogP contribution in [0.5, 0.6) is 0 Å². The number of rotatable bonds is 5. The van der Waals surface area contributed by atoms with Crippen LogP contribution in [0.3, 0.4) is 0 Å². The number of hydrogen-bond acceptors (Lipinski definition) is 5. The molecule has 32 heavy (non-hydrogen) atoms. The molecule has 1 saturated heterocycles. The Bertz CT molecular complexity index is 1380. The standard InChI is InChI=1S/C23H25FN6OS/c1-2-11-28-21(31)19-5-3-4-6-20(19)30-22(28)25-29(23(30)32)16-26-12-14-27(15-13-26)18-9-7-17(24)8-10-18/h3-10H,2,11-16H2,1H3. The number of piperazine rings is 1. The second-order valence-corrected chi connectivity index (χ2v) is 8.48. The van der Waals surface area contributed by atoms with Gasteiger partial charge in [0.25, 0.3) is 5.56 Å². The summed E-state index contributed by atoms with van der Waals surface area (Å²) in [4.78, 5) is 17.6. The second kappa shape index (κ2) is 8.48. The van der Waals surface area contributed by atoms with Crippen LogP contribution >= 0.6 is 12.2 Å². The number of anilines is 1. The molecule has 9 heteroatoms. The molecule has 0 amide bonds. The van der Waals surface area contributed by atoms with E-state index in [1.807, 2.05) is 52.4 Å². The van der Waals surface area contributed by atoms with Crippen molar-refractivity contribution < 1.29 is 4.39 Å². The van der Waals surface area contributed by atoms with E-state index in [2.05, 4.69) is 9.80 Å². The summed E-state index contributed by atoms with van der Waals surface area (Å²) in [5.74, 6) is 0.369. The molecule has 0 bridgehead atoms. The summed E-state index contributed by atoms with van der Waals surface area (Å²) < 4.78 is 19.3. The third-order valence-electron chi connectivity index (χ3n) is 6.03. The molecule has 0 atom stereocenters. The van der Waals surface area contributed by atoms with Crippen molar-refractivity contribution in [3.05, 3.63) is 69.5 Å². The van der Waals surface area contributed by atoms with Gasteiger partial charge in [-0.05, 0) is 55.0 Å². The van der Waals surface area contributed by atoms with E-state index in [-0.39, 0.29) is 11.4 Å². The Morgan fingerprint density at radius 2 is 1.75 bits per heavy atom. The Morgan fingerprint density at radius 3 is 2.47 bits per heavy atom. The molecule has 0 saturated carbocycles. The summed E-state index contributed by atoms with van der Waals surface area (Å²) in [5, 5.41) is 5.41. The lowest BCUT2D eigenvalue weighted by atomic mass is 10.2. The molecule has 0 spiro atoms. The molecular formula is C23H25FN6OS. The number of benzene rings is 2. The Kier molecular flexibility index (Phi) is 5.52. The lowest BCUT2D eigenvalue weighted by Gasteiger charge is -2.35. The minimum Gasteiger partial charge on any atom is -0.369 e. The molecule has 1 fully saturated rings. The first-order chi connectivity index (χ1) is 15.6. The Labute approximate surface area is 189 Å². The fourth-order valence-electron chi connectivity index (χ4n) is 4.37. The van der Waals surface area contributed by atoms with E-state index in [0.29, 0.717) is 29.1 Å². The average Bonchev–Trinajstić information content (AvgIpc) is 3.13. The van der Waals surface area contributed by atoms with Gasteiger partial charge in [-0.3, -0.25) is 18.7 Å². The van der Waals surface area contributed by atoms with Gasteiger partial charge in [0.15, 0.2) is 0 Å². The first kappa shape index (κ1) is 20.8. The Hall–Kier alpha value is -3.04. The highest BCUT2D eigenvalue weighted by molar-refractivity contribution is 7.71. The predicted molar refractivity (Wildman–Crippen MR) is 126 cm³/mol. The first-order valence-corrected chi connectivity index (χ1v) is 11.3. The smallest absolute Gasteiger partial charge is 0.262 e. The van der Waals surface area contributed by atoms with Crippen molar-refractivity contribution in [3.8, 4) is 0 Å². The van der Waals surface area contributed by atoms with Crippen LogP contribution in [0.2, 0.25) is 0 Å². The van der Waals surface area contributed by atoms with Crippen molar-refractivity contribution in [2.24, 2.45) is 0 Å². The number of nitrogens with zero attached hydrogens (tertiary/aromatic N) is 6. The van der Waals surface area contributed by atoms with Gasteiger partial charge in [-0.2, -0.15) is 0 Å². The van der Waals surface area contributed by atoms with Gasteiger partial charge in [-0.15, -0.1) is 5.10 Å². The Morgan fingerprint density at radius 1 is 1.03 bits per heavy atom. The van der Waals surface area contributed by atoms with E-state index < -0.39 is 0 Å². The molecule has 0 unspecified atom stereocenters. The topological polar surface area (TPSA) is 50.7 Å².